The highest BCUT2D eigenvalue weighted by molar-refractivity contribution is 7.92. The second-order valence-corrected chi connectivity index (χ2v) is 7.11. The second kappa shape index (κ2) is 6.85. The molecule has 0 aliphatic rings. The fourth-order valence-electron chi connectivity index (χ4n) is 1.78. The van der Waals surface area contributed by atoms with Gasteiger partial charge in [0, 0.05) is 6.04 Å². The summed E-state index contributed by atoms with van der Waals surface area (Å²) in [6.07, 6.45) is 0. The number of esters is 1. The van der Waals surface area contributed by atoms with Crippen LogP contribution in [-0.4, -0.2) is 32.0 Å². The van der Waals surface area contributed by atoms with Gasteiger partial charge in [-0.25, -0.2) is 8.42 Å². The number of benzene rings is 1. The van der Waals surface area contributed by atoms with E-state index < -0.39 is 32.9 Å². The van der Waals surface area contributed by atoms with E-state index in [1.54, 1.807) is 19.1 Å². The maximum absolute atomic E-state index is 12.1. The van der Waals surface area contributed by atoms with E-state index >= 15 is 0 Å². The monoisotopic (exact) mass is 299 g/mol. The molecule has 0 radical (unpaired) electrons. The zero-order valence-corrected chi connectivity index (χ0v) is 12.8. The molecule has 2 atom stereocenters. The van der Waals surface area contributed by atoms with Crippen LogP contribution in [-0.2, 0) is 19.4 Å². The molecule has 1 aromatic carbocycles. The lowest BCUT2D eigenvalue weighted by molar-refractivity contribution is -0.139. The fraction of sp³-hybridized carbons (Fsp3) is 0.500. The summed E-state index contributed by atoms with van der Waals surface area (Å²) in [5, 5.41) is -0.852. The van der Waals surface area contributed by atoms with Gasteiger partial charge in [0.1, 0.15) is 5.75 Å². The van der Waals surface area contributed by atoms with Crippen LogP contribution in [0.3, 0.4) is 0 Å². The normalized spacial score (nSPS) is 14.6. The van der Waals surface area contributed by atoms with E-state index in [-0.39, 0.29) is 6.61 Å². The number of nitrogens with two attached hydrogens (primary N) is 1. The van der Waals surface area contributed by atoms with E-state index in [2.05, 4.69) is 4.74 Å². The maximum atomic E-state index is 12.1. The third-order valence-electron chi connectivity index (χ3n) is 3.16. The van der Waals surface area contributed by atoms with Crippen molar-refractivity contribution in [3.63, 3.8) is 0 Å². The molecule has 6 heteroatoms. The molecule has 0 spiro atoms. The molecule has 0 saturated carbocycles. The number of sulfone groups is 1. The van der Waals surface area contributed by atoms with Gasteiger partial charge in [-0.1, -0.05) is 29.8 Å². The predicted molar refractivity (Wildman–Crippen MR) is 78.0 cm³/mol. The molecule has 0 amide bonds. The molecule has 0 aliphatic heterocycles. The Bertz CT molecular complexity index is 551. The minimum Gasteiger partial charge on any atom is -0.465 e. The zero-order chi connectivity index (χ0) is 15.3. The number of carbonyl (C=O) groups is 1. The lowest BCUT2D eigenvalue weighted by atomic mass is 10.0. The van der Waals surface area contributed by atoms with E-state index in [0.717, 1.165) is 11.1 Å². The summed E-state index contributed by atoms with van der Waals surface area (Å²) in [4.78, 5) is 11.3. The second-order valence-electron chi connectivity index (χ2n) is 4.75. The molecule has 112 valence electrons. The Morgan fingerprint density at radius 2 is 1.85 bits per heavy atom. The summed E-state index contributed by atoms with van der Waals surface area (Å²) in [6, 6.07) is 6.68. The molecule has 0 heterocycles. The van der Waals surface area contributed by atoms with Crippen LogP contribution in [0.2, 0.25) is 0 Å². The van der Waals surface area contributed by atoms with Gasteiger partial charge in [0.15, 0.2) is 9.84 Å². The van der Waals surface area contributed by atoms with E-state index in [4.69, 9.17) is 5.73 Å². The molecule has 2 unspecified atom stereocenters. The molecule has 1 aromatic rings. The summed E-state index contributed by atoms with van der Waals surface area (Å²) < 4.78 is 28.9. The lowest BCUT2D eigenvalue weighted by Gasteiger charge is -2.20. The summed E-state index contributed by atoms with van der Waals surface area (Å²) in [5.41, 5.74) is 7.80. The van der Waals surface area contributed by atoms with Gasteiger partial charge in [-0.15, -0.1) is 0 Å². The average molecular weight is 299 g/mol. The minimum absolute atomic E-state index is 0.159. The fourth-order valence-corrected chi connectivity index (χ4v) is 3.06. The van der Waals surface area contributed by atoms with Crippen molar-refractivity contribution in [2.24, 2.45) is 5.73 Å². The molecular formula is C14H21NO4S. The zero-order valence-electron chi connectivity index (χ0n) is 12.0. The smallest absolute Gasteiger partial charge is 0.321 e. The third-order valence-corrected chi connectivity index (χ3v) is 5.22. The van der Waals surface area contributed by atoms with Crippen molar-refractivity contribution in [3.8, 4) is 0 Å². The van der Waals surface area contributed by atoms with Gasteiger partial charge >= 0.3 is 5.97 Å². The van der Waals surface area contributed by atoms with E-state index in [0.29, 0.717) is 0 Å². The molecule has 0 aliphatic carbocycles. The number of ether oxygens (including phenoxy) is 1. The van der Waals surface area contributed by atoms with Crippen molar-refractivity contribution >= 4 is 15.8 Å². The molecule has 0 bridgehead atoms. The van der Waals surface area contributed by atoms with Crippen LogP contribution in [0.25, 0.3) is 0 Å². The topological polar surface area (TPSA) is 86.5 Å². The van der Waals surface area contributed by atoms with Gasteiger partial charge in [-0.05, 0) is 26.3 Å². The standard InChI is InChI=1S/C14H21NO4S/c1-4-19-13(16)9-20(17,18)11(3)14(15)12-7-5-10(2)6-8-12/h5-8,11,14H,4,9,15H2,1-3H3. The Morgan fingerprint density at radius 3 is 2.35 bits per heavy atom. The van der Waals surface area contributed by atoms with Gasteiger partial charge in [-0.2, -0.15) is 0 Å². The van der Waals surface area contributed by atoms with E-state index in [1.165, 1.54) is 6.92 Å². The Kier molecular flexibility index (Phi) is 5.71. The molecule has 0 aromatic heterocycles. The van der Waals surface area contributed by atoms with Gasteiger partial charge in [-0.3, -0.25) is 4.79 Å². The van der Waals surface area contributed by atoms with Crippen LogP contribution in [0.15, 0.2) is 24.3 Å². The van der Waals surface area contributed by atoms with Gasteiger partial charge in [0.05, 0.1) is 11.9 Å². The van der Waals surface area contributed by atoms with Crippen molar-refractivity contribution < 1.29 is 17.9 Å². The summed E-state index contributed by atoms with van der Waals surface area (Å²) >= 11 is 0. The first-order chi connectivity index (χ1) is 9.27. The molecule has 1 rings (SSSR count). The molecule has 0 saturated heterocycles. The van der Waals surface area contributed by atoms with Crippen molar-refractivity contribution in [3.05, 3.63) is 35.4 Å². The van der Waals surface area contributed by atoms with E-state index in [9.17, 15) is 13.2 Å². The Hall–Kier alpha value is -1.40. The highest BCUT2D eigenvalue weighted by Crippen LogP contribution is 2.20. The molecular weight excluding hydrogens is 278 g/mol. The lowest BCUT2D eigenvalue weighted by Crippen LogP contribution is -2.35. The van der Waals surface area contributed by atoms with Crippen LogP contribution >= 0.6 is 0 Å². The first-order valence-corrected chi connectivity index (χ1v) is 8.18. The number of rotatable bonds is 6. The Labute approximate surface area is 120 Å². The summed E-state index contributed by atoms with van der Waals surface area (Å²) in [6.45, 7) is 5.24. The molecule has 20 heavy (non-hydrogen) atoms. The summed E-state index contributed by atoms with van der Waals surface area (Å²) in [7, 11) is -3.64. The maximum Gasteiger partial charge on any atom is 0.321 e. The van der Waals surface area contributed by atoms with Crippen molar-refractivity contribution in [2.45, 2.75) is 32.1 Å². The van der Waals surface area contributed by atoms with Gasteiger partial charge in [0.2, 0.25) is 0 Å². The largest absolute Gasteiger partial charge is 0.465 e. The molecule has 5 nitrogen and oxygen atoms in total. The first kappa shape index (κ1) is 16.7. The van der Waals surface area contributed by atoms with Crippen LogP contribution in [0.1, 0.15) is 31.0 Å². The highest BCUT2D eigenvalue weighted by atomic mass is 32.2. The quantitative estimate of drug-likeness (QED) is 0.802. The number of aryl methyl sites for hydroxylation is 1. The van der Waals surface area contributed by atoms with Crippen LogP contribution in [0, 0.1) is 6.92 Å². The number of hydrogen-bond acceptors (Lipinski definition) is 5. The van der Waals surface area contributed by atoms with Gasteiger partial charge in [0.25, 0.3) is 0 Å². The first-order valence-electron chi connectivity index (χ1n) is 6.47. The van der Waals surface area contributed by atoms with Crippen molar-refractivity contribution in [1.82, 2.24) is 0 Å². The number of hydrogen-bond donors (Lipinski definition) is 1. The van der Waals surface area contributed by atoms with Crippen LogP contribution in [0.5, 0.6) is 0 Å². The Morgan fingerprint density at radius 1 is 1.30 bits per heavy atom. The summed E-state index contributed by atoms with van der Waals surface area (Å²) in [5.74, 6) is -1.38. The van der Waals surface area contributed by atoms with Crippen LogP contribution < -0.4 is 5.73 Å². The molecule has 0 fully saturated rings. The number of carbonyl (C=O) groups excluding carboxylic acids is 1. The third kappa shape index (κ3) is 4.31. The average Bonchev–Trinajstić information content (AvgIpc) is 2.37. The predicted octanol–water partition coefficient (Wildman–Crippen LogP) is 1.36. The highest BCUT2D eigenvalue weighted by Gasteiger charge is 2.30. The van der Waals surface area contributed by atoms with Crippen molar-refractivity contribution in [1.29, 1.82) is 0 Å². The van der Waals surface area contributed by atoms with Gasteiger partial charge < -0.3 is 10.5 Å². The van der Waals surface area contributed by atoms with E-state index in [1.807, 2.05) is 19.1 Å². The molecule has 2 N–H and O–H groups in total. The SMILES string of the molecule is CCOC(=O)CS(=O)(=O)C(C)C(N)c1ccc(C)cc1. The minimum atomic E-state index is -3.64. The Balaban J connectivity index is 2.84. The van der Waals surface area contributed by atoms with Crippen LogP contribution in [0.4, 0.5) is 0 Å². The van der Waals surface area contributed by atoms with Crippen molar-refractivity contribution in [2.75, 3.05) is 12.4 Å².